The van der Waals surface area contributed by atoms with Gasteiger partial charge in [0.1, 0.15) is 0 Å². The summed E-state index contributed by atoms with van der Waals surface area (Å²) in [7, 11) is 0. The highest BCUT2D eigenvalue weighted by molar-refractivity contribution is 6.17. The fourth-order valence-electron chi connectivity index (χ4n) is 0.981. The molecule has 4 nitrogen and oxygen atoms in total. The molecule has 1 rings (SSSR count). The lowest BCUT2D eigenvalue weighted by Gasteiger charge is -2.44. The van der Waals surface area contributed by atoms with Crippen LogP contribution < -0.4 is 0 Å². The summed E-state index contributed by atoms with van der Waals surface area (Å²) in [4.78, 5) is 0. The van der Waals surface area contributed by atoms with Crippen LogP contribution in [0.1, 0.15) is 0 Å². The lowest BCUT2D eigenvalue weighted by atomic mass is 10.2. The molecule has 0 spiro atoms. The number of halogens is 7. The van der Waals surface area contributed by atoms with Gasteiger partial charge in [-0.2, -0.15) is 17.6 Å². The van der Waals surface area contributed by atoms with Gasteiger partial charge in [0.15, 0.2) is 0 Å². The van der Waals surface area contributed by atoms with E-state index in [9.17, 15) is 26.3 Å². The molecule has 1 N–H and O–H groups in total. The van der Waals surface area contributed by atoms with Gasteiger partial charge in [0.2, 0.25) is 0 Å². The molecule has 0 saturated carbocycles. The zero-order valence-corrected chi connectivity index (χ0v) is 8.49. The van der Waals surface area contributed by atoms with E-state index in [4.69, 9.17) is 16.7 Å². The van der Waals surface area contributed by atoms with Crippen LogP contribution in [0.25, 0.3) is 0 Å². The number of rotatable bonds is 3. The Balaban J connectivity index is 3.08. The van der Waals surface area contributed by atoms with Crippen molar-refractivity contribution in [1.82, 2.24) is 0 Å². The van der Waals surface area contributed by atoms with Crippen molar-refractivity contribution in [2.45, 2.75) is 24.3 Å². The Kier molecular flexibility index (Phi) is 3.58. The number of hydrogen-bond donors (Lipinski definition) is 1. The zero-order chi connectivity index (χ0) is 13.5. The molecule has 11 heteroatoms. The molecule has 1 aliphatic rings. The monoisotopic (exact) mass is 290 g/mol. The van der Waals surface area contributed by atoms with Crippen molar-refractivity contribution < 1.29 is 45.7 Å². The van der Waals surface area contributed by atoms with Crippen LogP contribution in [0.5, 0.6) is 0 Å². The van der Waals surface area contributed by atoms with E-state index in [-0.39, 0.29) is 0 Å². The summed E-state index contributed by atoms with van der Waals surface area (Å²) in [6.07, 6.45) is -16.1. The molecular formula is C6H5ClF6O4. The molecule has 0 aromatic heterocycles. The Hall–Kier alpha value is -0.290. The summed E-state index contributed by atoms with van der Waals surface area (Å²) >= 11 is 4.97. The largest absolute Gasteiger partial charge is 0.495 e. The molecule has 17 heavy (non-hydrogen) atoms. The maximum Gasteiger partial charge on any atom is 0.495 e. The van der Waals surface area contributed by atoms with Crippen molar-refractivity contribution in [3.8, 4) is 0 Å². The third-order valence-electron chi connectivity index (χ3n) is 1.67. The Labute approximate surface area is 95.0 Å². The summed E-state index contributed by atoms with van der Waals surface area (Å²) in [5.74, 6) is -5.25. The van der Waals surface area contributed by atoms with Crippen molar-refractivity contribution >= 4 is 11.6 Å². The van der Waals surface area contributed by atoms with Gasteiger partial charge in [-0.15, -0.1) is 20.4 Å². The fraction of sp³-hybridized carbons (Fsp3) is 1.00. The Morgan fingerprint density at radius 2 is 1.41 bits per heavy atom. The van der Waals surface area contributed by atoms with Crippen LogP contribution in [0, 0.1) is 0 Å². The maximum atomic E-state index is 12.9. The van der Waals surface area contributed by atoms with Crippen molar-refractivity contribution in [2.75, 3.05) is 12.5 Å². The molecule has 1 heterocycles. The number of ether oxygens (including phenoxy) is 3. The Morgan fingerprint density at radius 3 is 1.76 bits per heavy atom. The highest BCUT2D eigenvalue weighted by Gasteiger charge is 2.81. The predicted octanol–water partition coefficient (Wildman–Crippen LogP) is 1.71. The molecule has 102 valence electrons. The van der Waals surface area contributed by atoms with E-state index in [0.29, 0.717) is 0 Å². The van der Waals surface area contributed by atoms with E-state index in [1.807, 2.05) is 0 Å². The van der Waals surface area contributed by atoms with E-state index in [2.05, 4.69) is 14.2 Å². The minimum Gasteiger partial charge on any atom is -0.352 e. The Bertz CT molecular complexity index is 278. The second-order valence-electron chi connectivity index (χ2n) is 2.88. The van der Waals surface area contributed by atoms with Crippen LogP contribution >= 0.6 is 11.6 Å². The predicted molar refractivity (Wildman–Crippen MR) is 38.6 cm³/mol. The summed E-state index contributed by atoms with van der Waals surface area (Å²) in [6, 6.07) is 0. The van der Waals surface area contributed by atoms with Gasteiger partial charge in [0, 0.05) is 5.88 Å². The maximum absolute atomic E-state index is 12.9. The van der Waals surface area contributed by atoms with Gasteiger partial charge in [-0.05, 0) is 0 Å². The van der Waals surface area contributed by atoms with Gasteiger partial charge in [-0.1, -0.05) is 0 Å². The molecule has 0 aromatic carbocycles. The molecule has 0 aromatic rings. The van der Waals surface area contributed by atoms with E-state index in [1.165, 1.54) is 0 Å². The van der Waals surface area contributed by atoms with Crippen molar-refractivity contribution in [3.05, 3.63) is 0 Å². The molecule has 0 unspecified atom stereocenters. The minimum atomic E-state index is -5.40. The summed E-state index contributed by atoms with van der Waals surface area (Å²) < 4.78 is 85.0. The molecular weight excluding hydrogens is 286 g/mol. The standard InChI is InChI=1S/C6H5ClF6O4/c7-1-2-15-3(14)4(8,9)16-6(12,13)17-5(3,10)11/h14H,1-2H2. The normalized spacial score (nSPS) is 28.9. The number of aliphatic hydroxyl groups is 1. The van der Waals surface area contributed by atoms with Crippen LogP contribution in [-0.4, -0.2) is 41.9 Å². The van der Waals surface area contributed by atoms with E-state index >= 15 is 0 Å². The molecule has 1 aliphatic heterocycles. The first-order valence-electron chi connectivity index (χ1n) is 3.93. The topological polar surface area (TPSA) is 47.9 Å². The van der Waals surface area contributed by atoms with Gasteiger partial charge in [0.25, 0.3) is 0 Å². The summed E-state index contributed by atoms with van der Waals surface area (Å²) in [5.41, 5.74) is 0. The average molecular weight is 291 g/mol. The van der Waals surface area contributed by atoms with Gasteiger partial charge in [-0.3, -0.25) is 0 Å². The van der Waals surface area contributed by atoms with Gasteiger partial charge in [0.05, 0.1) is 6.61 Å². The van der Waals surface area contributed by atoms with Crippen molar-refractivity contribution in [2.24, 2.45) is 0 Å². The second-order valence-corrected chi connectivity index (χ2v) is 3.26. The third-order valence-corrected chi connectivity index (χ3v) is 1.83. The second kappa shape index (κ2) is 4.12. The van der Waals surface area contributed by atoms with Crippen LogP contribution in [-0.2, 0) is 14.2 Å². The minimum absolute atomic E-state index is 0.551. The molecule has 1 saturated heterocycles. The SMILES string of the molecule is OC1(OCCCl)C(F)(F)OC(F)(F)OC1(F)F. The van der Waals surface area contributed by atoms with E-state index < -0.39 is 36.8 Å². The molecule has 1 fully saturated rings. The van der Waals surface area contributed by atoms with Gasteiger partial charge < -0.3 is 9.84 Å². The van der Waals surface area contributed by atoms with Crippen LogP contribution in [0.3, 0.4) is 0 Å². The first kappa shape index (κ1) is 14.8. The number of hydrogen-bond acceptors (Lipinski definition) is 4. The highest BCUT2D eigenvalue weighted by Crippen LogP contribution is 2.52. The quantitative estimate of drug-likeness (QED) is 0.488. The molecule has 0 aliphatic carbocycles. The first-order valence-corrected chi connectivity index (χ1v) is 4.47. The van der Waals surface area contributed by atoms with E-state index in [1.54, 1.807) is 0 Å². The van der Waals surface area contributed by atoms with Crippen LogP contribution in [0.15, 0.2) is 0 Å². The first-order chi connectivity index (χ1) is 7.47. The van der Waals surface area contributed by atoms with E-state index in [0.717, 1.165) is 0 Å². The number of alkyl halides is 7. The molecule has 0 amide bonds. The van der Waals surface area contributed by atoms with Gasteiger partial charge >= 0.3 is 24.3 Å². The van der Waals surface area contributed by atoms with Crippen LogP contribution in [0.2, 0.25) is 0 Å². The smallest absolute Gasteiger partial charge is 0.352 e. The third kappa shape index (κ3) is 2.45. The lowest BCUT2D eigenvalue weighted by Crippen LogP contribution is -2.71. The van der Waals surface area contributed by atoms with Crippen molar-refractivity contribution in [1.29, 1.82) is 0 Å². The lowest BCUT2D eigenvalue weighted by molar-refractivity contribution is -0.637. The fourth-order valence-corrected chi connectivity index (χ4v) is 1.06. The Morgan fingerprint density at radius 1 is 1.00 bits per heavy atom. The average Bonchev–Trinajstić information content (AvgIpc) is 2.07. The summed E-state index contributed by atoms with van der Waals surface area (Å²) in [5, 5.41) is 8.93. The molecule has 0 bridgehead atoms. The summed E-state index contributed by atoms with van der Waals surface area (Å²) in [6.45, 7) is -0.971. The van der Waals surface area contributed by atoms with Gasteiger partial charge in [-0.25, -0.2) is 9.47 Å². The molecule has 0 atom stereocenters. The van der Waals surface area contributed by atoms with Crippen LogP contribution in [0.4, 0.5) is 26.3 Å². The zero-order valence-electron chi connectivity index (χ0n) is 7.73. The van der Waals surface area contributed by atoms with Crippen molar-refractivity contribution in [3.63, 3.8) is 0 Å². The molecule has 0 radical (unpaired) electrons. The highest BCUT2D eigenvalue weighted by atomic mass is 35.5.